The number of benzene rings is 1. The Hall–Kier alpha value is -2.76. The molecule has 122 valence electrons. The number of methoxy groups -OCH3 is 1. The van der Waals surface area contributed by atoms with Crippen LogP contribution in [0.5, 0.6) is 5.75 Å². The molecule has 0 N–H and O–H groups in total. The normalized spacial score (nSPS) is 16.2. The zero-order chi connectivity index (χ0) is 16.9. The van der Waals surface area contributed by atoms with Crippen molar-refractivity contribution in [2.24, 2.45) is 5.41 Å². The van der Waals surface area contributed by atoms with E-state index in [4.69, 9.17) is 4.74 Å². The molecule has 0 bridgehead atoms. The van der Waals surface area contributed by atoms with Gasteiger partial charge in [-0.3, -0.25) is 4.79 Å². The van der Waals surface area contributed by atoms with E-state index in [1.54, 1.807) is 17.8 Å². The average Bonchev–Trinajstić information content (AvgIpc) is 2.95. The van der Waals surface area contributed by atoms with Crippen LogP contribution in [0.3, 0.4) is 0 Å². The number of nitrogens with zero attached hydrogens (tertiary/aromatic N) is 4. The van der Waals surface area contributed by atoms with Gasteiger partial charge in [-0.05, 0) is 36.1 Å². The maximum Gasteiger partial charge on any atom is 0.252 e. The van der Waals surface area contributed by atoms with Crippen LogP contribution in [0, 0.1) is 5.41 Å². The summed E-state index contributed by atoms with van der Waals surface area (Å²) in [7, 11) is 1.63. The number of carbonyl (C=O) groups is 1. The number of ether oxygens (including phenoxy) is 1. The average molecular weight is 322 g/mol. The zero-order valence-electron chi connectivity index (χ0n) is 13.9. The molecule has 6 heteroatoms. The Morgan fingerprint density at radius 2 is 1.88 bits per heavy atom. The monoisotopic (exact) mass is 322 g/mol. The third-order valence-electron chi connectivity index (χ3n) is 4.34. The number of hydrogen-bond acceptors (Lipinski definition) is 5. The number of rotatable bonds is 2. The topological polar surface area (TPSA) is 69.4 Å². The molecule has 0 radical (unpaired) electrons. The highest BCUT2D eigenvalue weighted by Crippen LogP contribution is 2.33. The first-order valence-electron chi connectivity index (χ1n) is 7.89. The summed E-state index contributed by atoms with van der Waals surface area (Å²) in [5.74, 6) is 2.00. The smallest absolute Gasteiger partial charge is 0.252 e. The van der Waals surface area contributed by atoms with E-state index < -0.39 is 0 Å². The van der Waals surface area contributed by atoms with E-state index in [1.165, 1.54) is 0 Å². The molecule has 1 aromatic carbocycles. The molecule has 0 fully saturated rings. The molecular formula is C18H18N4O2. The number of carbonyl (C=O) groups excluding carboxylic acids is 1. The Morgan fingerprint density at radius 1 is 1.12 bits per heavy atom. The van der Waals surface area contributed by atoms with E-state index in [2.05, 4.69) is 28.9 Å². The molecule has 2 heterocycles. The fraction of sp³-hybridized carbons (Fsp3) is 0.333. The first kappa shape index (κ1) is 14.8. The predicted molar refractivity (Wildman–Crippen MR) is 89.2 cm³/mol. The van der Waals surface area contributed by atoms with Gasteiger partial charge in [0.1, 0.15) is 5.75 Å². The van der Waals surface area contributed by atoms with Gasteiger partial charge in [0.05, 0.1) is 18.4 Å². The van der Waals surface area contributed by atoms with Gasteiger partial charge in [-0.1, -0.05) is 13.8 Å². The molecule has 0 atom stereocenters. The van der Waals surface area contributed by atoms with Crippen LogP contribution in [0.15, 0.2) is 30.5 Å². The van der Waals surface area contributed by atoms with Crippen molar-refractivity contribution in [1.82, 2.24) is 19.6 Å². The van der Waals surface area contributed by atoms with Gasteiger partial charge in [0.15, 0.2) is 11.6 Å². The second-order valence-electron chi connectivity index (χ2n) is 6.95. The van der Waals surface area contributed by atoms with Gasteiger partial charge >= 0.3 is 0 Å². The lowest BCUT2D eigenvalue weighted by Gasteiger charge is -2.28. The van der Waals surface area contributed by atoms with Crippen molar-refractivity contribution in [2.75, 3.05) is 7.11 Å². The third kappa shape index (κ3) is 2.44. The summed E-state index contributed by atoms with van der Waals surface area (Å²) in [4.78, 5) is 21.5. The van der Waals surface area contributed by atoms with Gasteiger partial charge in [-0.25, -0.2) is 9.50 Å². The van der Waals surface area contributed by atoms with Gasteiger partial charge < -0.3 is 4.74 Å². The highest BCUT2D eigenvalue weighted by molar-refractivity contribution is 5.98. The minimum atomic E-state index is -0.0612. The van der Waals surface area contributed by atoms with Crippen LogP contribution >= 0.6 is 0 Å². The van der Waals surface area contributed by atoms with Crippen molar-refractivity contribution in [3.05, 3.63) is 41.7 Å². The van der Waals surface area contributed by atoms with Crippen LogP contribution in [0.1, 0.15) is 36.3 Å². The Morgan fingerprint density at radius 3 is 2.58 bits per heavy atom. The highest BCUT2D eigenvalue weighted by atomic mass is 16.5. The fourth-order valence-corrected chi connectivity index (χ4v) is 3.13. The molecule has 0 unspecified atom stereocenters. The number of hydrogen-bond donors (Lipinski definition) is 0. The molecule has 0 aliphatic heterocycles. The van der Waals surface area contributed by atoms with Crippen molar-refractivity contribution in [2.45, 2.75) is 26.7 Å². The third-order valence-corrected chi connectivity index (χ3v) is 4.34. The highest BCUT2D eigenvalue weighted by Gasteiger charge is 2.32. The molecular weight excluding hydrogens is 304 g/mol. The number of aromatic nitrogens is 4. The van der Waals surface area contributed by atoms with Crippen LogP contribution in [0.25, 0.3) is 17.2 Å². The molecule has 3 aromatic rings. The molecule has 2 aromatic heterocycles. The molecule has 1 aliphatic carbocycles. The Balaban J connectivity index is 1.80. The predicted octanol–water partition coefficient (Wildman–Crippen LogP) is 2.96. The molecule has 24 heavy (non-hydrogen) atoms. The van der Waals surface area contributed by atoms with Crippen molar-refractivity contribution in [1.29, 1.82) is 0 Å². The quantitative estimate of drug-likeness (QED) is 0.725. The maximum absolute atomic E-state index is 12.4. The minimum Gasteiger partial charge on any atom is -0.497 e. The number of Topliss-reactive ketones (excluding diaryl/α,β-unsaturated/α-hetero) is 1. The van der Waals surface area contributed by atoms with Crippen molar-refractivity contribution in [3.63, 3.8) is 0 Å². The zero-order valence-corrected chi connectivity index (χ0v) is 13.9. The van der Waals surface area contributed by atoms with Crippen LogP contribution in [-0.4, -0.2) is 32.5 Å². The molecule has 0 saturated heterocycles. The van der Waals surface area contributed by atoms with Crippen LogP contribution in [-0.2, 0) is 6.42 Å². The molecule has 1 aliphatic rings. The minimum absolute atomic E-state index is 0.0612. The summed E-state index contributed by atoms with van der Waals surface area (Å²) in [5.41, 5.74) is 2.30. The summed E-state index contributed by atoms with van der Waals surface area (Å²) in [5, 5.41) is 4.47. The Labute approximate surface area is 139 Å². The SMILES string of the molecule is COc1ccc(-c2nc3nc4c(cn3n2)C(=O)CC(C)(C)C4)cc1. The van der Waals surface area contributed by atoms with Gasteiger partial charge in [-0.2, -0.15) is 4.98 Å². The summed E-state index contributed by atoms with van der Waals surface area (Å²) >= 11 is 0. The lowest BCUT2D eigenvalue weighted by Crippen LogP contribution is -2.28. The van der Waals surface area contributed by atoms with E-state index in [9.17, 15) is 4.79 Å². The number of fused-ring (bicyclic) bond motifs is 2. The fourth-order valence-electron chi connectivity index (χ4n) is 3.13. The van der Waals surface area contributed by atoms with Crippen LogP contribution < -0.4 is 4.74 Å². The van der Waals surface area contributed by atoms with E-state index in [1.807, 2.05) is 24.3 Å². The van der Waals surface area contributed by atoms with Crippen molar-refractivity contribution >= 4 is 11.6 Å². The summed E-state index contributed by atoms with van der Waals surface area (Å²) in [6.07, 6.45) is 3.07. The standard InChI is InChI=1S/C18H18N4O2/c1-18(2)8-14-13(15(23)9-18)10-22-17(19-14)20-16(21-22)11-4-6-12(24-3)7-5-11/h4-7,10H,8-9H2,1-3H3. The second-order valence-corrected chi connectivity index (χ2v) is 6.95. The van der Waals surface area contributed by atoms with Gasteiger partial charge in [-0.15, -0.1) is 5.10 Å². The largest absolute Gasteiger partial charge is 0.497 e. The molecule has 0 spiro atoms. The maximum atomic E-state index is 12.4. The molecule has 4 rings (SSSR count). The second kappa shape index (κ2) is 5.12. The lowest BCUT2D eigenvalue weighted by atomic mass is 9.76. The van der Waals surface area contributed by atoms with Gasteiger partial charge in [0.2, 0.25) is 0 Å². The molecule has 6 nitrogen and oxygen atoms in total. The van der Waals surface area contributed by atoms with Gasteiger partial charge in [0, 0.05) is 18.2 Å². The van der Waals surface area contributed by atoms with E-state index in [-0.39, 0.29) is 11.2 Å². The summed E-state index contributed by atoms with van der Waals surface area (Å²) < 4.78 is 6.76. The first-order valence-corrected chi connectivity index (χ1v) is 7.89. The number of ketones is 1. The van der Waals surface area contributed by atoms with E-state index >= 15 is 0 Å². The van der Waals surface area contributed by atoms with Crippen molar-refractivity contribution in [3.8, 4) is 17.1 Å². The lowest BCUT2D eigenvalue weighted by molar-refractivity contribution is 0.0909. The molecule has 0 saturated carbocycles. The molecule has 0 amide bonds. The van der Waals surface area contributed by atoms with Crippen molar-refractivity contribution < 1.29 is 9.53 Å². The van der Waals surface area contributed by atoms with Crippen LogP contribution in [0.4, 0.5) is 0 Å². The summed E-state index contributed by atoms with van der Waals surface area (Å²) in [6, 6.07) is 7.54. The Kier molecular flexibility index (Phi) is 3.16. The van der Waals surface area contributed by atoms with Crippen LogP contribution in [0.2, 0.25) is 0 Å². The van der Waals surface area contributed by atoms with E-state index in [0.717, 1.165) is 23.4 Å². The van der Waals surface area contributed by atoms with E-state index in [0.29, 0.717) is 23.6 Å². The first-order chi connectivity index (χ1) is 11.4. The Bertz CT molecular complexity index is 942. The van der Waals surface area contributed by atoms with Gasteiger partial charge in [0.25, 0.3) is 5.78 Å². The summed E-state index contributed by atoms with van der Waals surface area (Å²) in [6.45, 7) is 4.18.